The molecule has 0 rings (SSSR count). The van der Waals surface area contributed by atoms with E-state index in [1.54, 1.807) is 0 Å². The Kier molecular flexibility index (Phi) is 6.72. The Morgan fingerprint density at radius 1 is 1.75 bits per heavy atom. The highest BCUT2D eigenvalue weighted by molar-refractivity contribution is 7.80. The number of aliphatic hydroxyl groups excluding tert-OH is 1. The molecule has 2 nitrogen and oxygen atoms in total. The summed E-state index contributed by atoms with van der Waals surface area (Å²) in [5.41, 5.74) is 0. The fourth-order valence-corrected chi connectivity index (χ4v) is 0.416. The van der Waals surface area contributed by atoms with Crippen LogP contribution in [-0.2, 0) is 4.79 Å². The van der Waals surface area contributed by atoms with Crippen molar-refractivity contribution < 1.29 is 9.90 Å². The van der Waals surface area contributed by atoms with Gasteiger partial charge in [0, 0.05) is 0 Å². The topological polar surface area (TPSA) is 37.3 Å². The normalized spacial score (nSPS) is 7.12. The van der Waals surface area contributed by atoms with E-state index in [0.29, 0.717) is 0 Å². The molecule has 0 aliphatic rings. The lowest BCUT2D eigenvalue weighted by Gasteiger charge is -1.84. The van der Waals surface area contributed by atoms with Crippen LogP contribution in [0, 0.1) is 0 Å². The van der Waals surface area contributed by atoms with Crippen LogP contribution in [0.2, 0.25) is 0 Å². The van der Waals surface area contributed by atoms with Gasteiger partial charge in [0.1, 0.15) is 5.78 Å². The second-order valence-electron chi connectivity index (χ2n) is 1.27. The minimum atomic E-state index is -0.229. The summed E-state index contributed by atoms with van der Waals surface area (Å²) in [7, 11) is 0. The molecule has 0 heterocycles. The molecule has 1 N–H and O–H groups in total. The average Bonchev–Trinajstić information content (AvgIpc) is 1.27. The molecule has 0 radical (unpaired) electrons. The number of halogens is 1. The number of hydrogen-bond donors (Lipinski definition) is 1. The number of aliphatic hydroxyl groups is 1. The number of carbonyl (C=O) groups excluding carboxylic acids is 1. The van der Waals surface area contributed by atoms with Crippen molar-refractivity contribution in [1.82, 2.24) is 0 Å². The molecule has 4 heteroatoms. The van der Waals surface area contributed by atoms with E-state index in [4.69, 9.17) is 5.11 Å². The predicted octanol–water partition coefficient (Wildman–Crippen LogP) is 1.27. The van der Waals surface area contributed by atoms with Crippen LogP contribution >= 0.6 is 24.6 Å². The lowest BCUT2D eigenvalue weighted by Crippen LogP contribution is -1.98. The third kappa shape index (κ3) is 9.28. The molecule has 0 amide bonds. The average molecular weight is 155 g/mol. The fraction of sp³-hybridized carbons (Fsp3) is 0.500. The molecule has 0 aromatic carbocycles. The van der Waals surface area contributed by atoms with Gasteiger partial charge in [0.15, 0.2) is 5.05 Å². The van der Waals surface area contributed by atoms with Gasteiger partial charge in [0.05, 0.1) is 6.42 Å². The third-order valence-electron chi connectivity index (χ3n) is 0.400. The van der Waals surface area contributed by atoms with Crippen LogP contribution < -0.4 is 0 Å². The highest BCUT2D eigenvalue weighted by Crippen LogP contribution is 1.81. The first kappa shape index (κ1) is 10.8. The lowest BCUT2D eigenvalue weighted by atomic mass is 10.3. The van der Waals surface area contributed by atoms with Crippen LogP contribution in [0.25, 0.3) is 0 Å². The van der Waals surface area contributed by atoms with Gasteiger partial charge in [-0.25, -0.2) is 0 Å². The Labute approximate surface area is 59.3 Å². The summed E-state index contributed by atoms with van der Waals surface area (Å²) in [6.07, 6.45) is 0.00926. The molecule has 0 aromatic rings. The summed E-state index contributed by atoms with van der Waals surface area (Å²) in [6, 6.07) is 0. The number of Topliss-reactive ketones (excluding diaryl/α,β-unsaturated/α-hetero) is 1. The second-order valence-corrected chi connectivity index (χ2v) is 1.74. The van der Waals surface area contributed by atoms with E-state index in [-0.39, 0.29) is 29.7 Å². The largest absolute Gasteiger partial charge is 0.502 e. The van der Waals surface area contributed by atoms with Crippen molar-refractivity contribution in [1.29, 1.82) is 0 Å². The van der Waals surface area contributed by atoms with Gasteiger partial charge in [-0.2, -0.15) is 0 Å². The molecule has 8 heavy (non-hydrogen) atoms. The lowest BCUT2D eigenvalue weighted by molar-refractivity contribution is -0.116. The Morgan fingerprint density at radius 2 is 2.12 bits per heavy atom. The molecule has 0 aliphatic heterocycles. The van der Waals surface area contributed by atoms with Crippen LogP contribution in [-0.4, -0.2) is 15.9 Å². The van der Waals surface area contributed by atoms with Crippen molar-refractivity contribution in [3.63, 3.8) is 0 Å². The maximum absolute atomic E-state index is 10.0. The van der Waals surface area contributed by atoms with Crippen LogP contribution in [0.3, 0.4) is 0 Å². The molecule has 0 saturated carbocycles. The van der Waals surface area contributed by atoms with E-state index in [1.807, 2.05) is 0 Å². The number of rotatable bonds is 2. The zero-order valence-electron chi connectivity index (χ0n) is 4.38. The summed E-state index contributed by atoms with van der Waals surface area (Å²) in [6.45, 7) is 1.38. The molecule has 0 spiro atoms. The van der Waals surface area contributed by atoms with E-state index in [1.165, 1.54) is 6.92 Å². The summed E-state index contributed by atoms with van der Waals surface area (Å²) >= 11 is 4.21. The van der Waals surface area contributed by atoms with Crippen molar-refractivity contribution in [2.75, 3.05) is 0 Å². The van der Waals surface area contributed by atoms with Crippen molar-refractivity contribution >= 4 is 35.5 Å². The highest BCUT2D eigenvalue weighted by Gasteiger charge is 1.93. The first-order valence-corrected chi connectivity index (χ1v) is 2.25. The SMILES string of the molecule is CC(=O)CC(O)=S.Cl. The van der Waals surface area contributed by atoms with E-state index >= 15 is 0 Å². The molecule has 0 saturated heterocycles. The monoisotopic (exact) mass is 154 g/mol. The fourth-order valence-electron chi connectivity index (χ4n) is 0.213. The Morgan fingerprint density at radius 3 is 2.12 bits per heavy atom. The molecule has 0 bridgehead atoms. The molecule has 0 unspecified atom stereocenters. The first-order valence-electron chi connectivity index (χ1n) is 1.84. The number of ketones is 1. The summed E-state index contributed by atoms with van der Waals surface area (Å²) in [5, 5.41) is 8.00. The molecular formula is C4H7ClO2S. The minimum Gasteiger partial charge on any atom is -0.502 e. The maximum atomic E-state index is 10.0. The van der Waals surface area contributed by atoms with Crippen LogP contribution in [0.1, 0.15) is 13.3 Å². The standard InChI is InChI=1S/C4H6O2S.ClH/c1-3(5)2-4(6)7;/h2H2,1H3,(H,6,7);1H. The van der Waals surface area contributed by atoms with E-state index < -0.39 is 0 Å². The Bertz CT molecular complexity index is 90.2. The zero-order valence-corrected chi connectivity index (χ0v) is 6.01. The van der Waals surface area contributed by atoms with Crippen LogP contribution in [0.4, 0.5) is 0 Å². The molecule has 0 fully saturated rings. The Balaban J connectivity index is 0. The van der Waals surface area contributed by atoms with E-state index in [0.717, 1.165) is 0 Å². The number of carbonyl (C=O) groups is 1. The van der Waals surface area contributed by atoms with E-state index in [9.17, 15) is 4.79 Å². The summed E-state index contributed by atoms with van der Waals surface area (Å²) < 4.78 is 0. The summed E-state index contributed by atoms with van der Waals surface area (Å²) in [4.78, 5) is 10.0. The third-order valence-corrected chi connectivity index (χ3v) is 0.545. The van der Waals surface area contributed by atoms with Gasteiger partial charge in [0.25, 0.3) is 0 Å². The van der Waals surface area contributed by atoms with Gasteiger partial charge >= 0.3 is 0 Å². The molecular weight excluding hydrogens is 148 g/mol. The van der Waals surface area contributed by atoms with Gasteiger partial charge in [-0.1, -0.05) is 0 Å². The zero-order chi connectivity index (χ0) is 5.86. The van der Waals surface area contributed by atoms with E-state index in [2.05, 4.69) is 12.2 Å². The molecule has 48 valence electrons. The smallest absolute Gasteiger partial charge is 0.163 e. The predicted molar refractivity (Wildman–Crippen MR) is 37.8 cm³/mol. The van der Waals surface area contributed by atoms with Gasteiger partial charge in [-0.3, -0.25) is 4.79 Å². The summed E-state index contributed by atoms with van der Waals surface area (Å²) in [5.74, 6) is -0.104. The van der Waals surface area contributed by atoms with Gasteiger partial charge < -0.3 is 5.11 Å². The van der Waals surface area contributed by atoms with Gasteiger partial charge in [0.2, 0.25) is 0 Å². The Hall–Kier alpha value is -0.150. The van der Waals surface area contributed by atoms with Crippen molar-refractivity contribution in [2.24, 2.45) is 0 Å². The number of hydrogen-bond acceptors (Lipinski definition) is 2. The van der Waals surface area contributed by atoms with Crippen LogP contribution in [0.15, 0.2) is 0 Å². The van der Waals surface area contributed by atoms with Gasteiger partial charge in [-0.15, -0.1) is 12.4 Å². The van der Waals surface area contributed by atoms with Crippen molar-refractivity contribution in [3.8, 4) is 0 Å². The quantitative estimate of drug-likeness (QED) is 0.609. The molecule has 0 aromatic heterocycles. The molecule has 0 atom stereocenters. The highest BCUT2D eigenvalue weighted by atomic mass is 35.5. The second kappa shape index (κ2) is 5.00. The molecule has 0 aliphatic carbocycles. The van der Waals surface area contributed by atoms with Crippen molar-refractivity contribution in [3.05, 3.63) is 0 Å². The van der Waals surface area contributed by atoms with Crippen molar-refractivity contribution in [2.45, 2.75) is 13.3 Å². The number of thiocarbonyl (C=S) groups is 1. The van der Waals surface area contributed by atoms with Gasteiger partial charge in [-0.05, 0) is 19.1 Å². The minimum absolute atomic E-state index is 0. The van der Waals surface area contributed by atoms with Crippen LogP contribution in [0.5, 0.6) is 0 Å². The first-order chi connectivity index (χ1) is 3.13. The maximum Gasteiger partial charge on any atom is 0.163 e.